The van der Waals surface area contributed by atoms with E-state index in [0.29, 0.717) is 0 Å². The highest BCUT2D eigenvalue weighted by Crippen LogP contribution is 2.04. The second-order valence-electron chi connectivity index (χ2n) is 4.56. The molecular weight excluding hydrogens is 216 g/mol. The second kappa shape index (κ2) is 6.18. The average molecular weight is 238 g/mol. The van der Waals surface area contributed by atoms with Crippen LogP contribution in [0.2, 0.25) is 0 Å². The van der Waals surface area contributed by atoms with Gasteiger partial charge in [0, 0.05) is 12.2 Å². The van der Waals surface area contributed by atoms with Crippen LogP contribution in [0.1, 0.15) is 33.3 Å². The highest BCUT2D eigenvalue weighted by Gasteiger charge is 2.21. The van der Waals surface area contributed by atoms with Gasteiger partial charge in [0.05, 0.1) is 0 Å². The summed E-state index contributed by atoms with van der Waals surface area (Å²) in [5.41, 5.74) is 1.26. The summed E-state index contributed by atoms with van der Waals surface area (Å²) in [6.45, 7) is 10.3. The van der Waals surface area contributed by atoms with Crippen molar-refractivity contribution in [1.82, 2.24) is 0 Å². The molecule has 0 aliphatic rings. The minimum atomic E-state index is -1.75. The minimum absolute atomic E-state index is 0.218. The van der Waals surface area contributed by atoms with E-state index in [1.807, 2.05) is 0 Å². The van der Waals surface area contributed by atoms with Gasteiger partial charge in [-0.05, 0) is 45.4 Å². The van der Waals surface area contributed by atoms with Crippen molar-refractivity contribution >= 4 is 14.5 Å². The molecule has 0 bridgehead atoms. The van der Waals surface area contributed by atoms with Crippen molar-refractivity contribution in [2.45, 2.75) is 46.8 Å². The molecule has 16 heavy (non-hydrogen) atoms. The fraction of sp³-hybridized carbons (Fsp3) is 0.538. The average Bonchev–Trinajstić information content (AvgIpc) is 2.15. The van der Waals surface area contributed by atoms with E-state index in [1.165, 1.54) is 10.8 Å². The minimum Gasteiger partial charge on any atom is -0.391 e. The lowest BCUT2D eigenvalue weighted by atomic mass is 10.2. The lowest BCUT2D eigenvalue weighted by Gasteiger charge is -2.22. The maximum absolute atomic E-state index is 5.94. The van der Waals surface area contributed by atoms with E-state index < -0.39 is 9.28 Å². The number of hydrogen-bond acceptors (Lipinski definition) is 2. The molecule has 1 aromatic carbocycles. The fourth-order valence-electron chi connectivity index (χ4n) is 1.52. The first kappa shape index (κ1) is 13.4. The van der Waals surface area contributed by atoms with Gasteiger partial charge in [-0.1, -0.05) is 24.3 Å². The van der Waals surface area contributed by atoms with Gasteiger partial charge in [-0.25, -0.2) is 0 Å². The lowest BCUT2D eigenvalue weighted by Crippen LogP contribution is -2.42. The van der Waals surface area contributed by atoms with Crippen molar-refractivity contribution in [3.05, 3.63) is 29.8 Å². The first-order valence-corrected chi connectivity index (χ1v) is 7.39. The van der Waals surface area contributed by atoms with Gasteiger partial charge >= 0.3 is 9.28 Å². The third-order valence-electron chi connectivity index (χ3n) is 2.23. The van der Waals surface area contributed by atoms with E-state index in [2.05, 4.69) is 58.9 Å². The molecule has 2 nitrogen and oxygen atoms in total. The predicted octanol–water partition coefficient (Wildman–Crippen LogP) is 2.27. The van der Waals surface area contributed by atoms with Crippen LogP contribution in [0.5, 0.6) is 0 Å². The molecule has 0 saturated heterocycles. The Morgan fingerprint density at radius 1 is 0.938 bits per heavy atom. The van der Waals surface area contributed by atoms with Crippen LogP contribution in [0.15, 0.2) is 24.3 Å². The Bertz CT molecular complexity index is 313. The summed E-state index contributed by atoms with van der Waals surface area (Å²) < 4.78 is 11.9. The Balaban J connectivity index is 2.87. The van der Waals surface area contributed by atoms with Crippen molar-refractivity contribution < 1.29 is 8.85 Å². The molecule has 0 aliphatic carbocycles. The molecule has 0 unspecified atom stereocenters. The lowest BCUT2D eigenvalue weighted by molar-refractivity contribution is 0.139. The maximum Gasteiger partial charge on any atom is 0.356 e. The normalized spacial score (nSPS) is 11.8. The smallest absolute Gasteiger partial charge is 0.356 e. The summed E-state index contributed by atoms with van der Waals surface area (Å²) in [5.74, 6) is 0. The van der Waals surface area contributed by atoms with E-state index in [0.717, 1.165) is 0 Å². The molecule has 0 N–H and O–H groups in total. The Morgan fingerprint density at radius 3 is 1.88 bits per heavy atom. The van der Waals surface area contributed by atoms with E-state index in [9.17, 15) is 0 Å². The zero-order chi connectivity index (χ0) is 12.1. The van der Waals surface area contributed by atoms with E-state index in [1.54, 1.807) is 0 Å². The van der Waals surface area contributed by atoms with Crippen molar-refractivity contribution in [3.63, 3.8) is 0 Å². The van der Waals surface area contributed by atoms with Gasteiger partial charge in [0.25, 0.3) is 0 Å². The van der Waals surface area contributed by atoms with Crippen molar-refractivity contribution in [1.29, 1.82) is 0 Å². The van der Waals surface area contributed by atoms with Gasteiger partial charge < -0.3 is 8.85 Å². The van der Waals surface area contributed by atoms with Crippen LogP contribution < -0.4 is 5.19 Å². The highest BCUT2D eigenvalue weighted by atomic mass is 28.3. The third-order valence-corrected chi connectivity index (χ3v) is 4.97. The van der Waals surface area contributed by atoms with E-state index in [4.69, 9.17) is 8.85 Å². The van der Waals surface area contributed by atoms with Crippen LogP contribution in [0, 0.1) is 6.92 Å². The van der Waals surface area contributed by atoms with Crippen LogP contribution in [0.4, 0.5) is 0 Å². The van der Waals surface area contributed by atoms with Gasteiger partial charge in [0.1, 0.15) is 0 Å². The molecule has 0 saturated carbocycles. The van der Waals surface area contributed by atoms with Crippen molar-refractivity contribution in [3.8, 4) is 0 Å². The number of benzene rings is 1. The molecule has 0 aromatic heterocycles. The molecule has 0 spiro atoms. The summed E-state index contributed by atoms with van der Waals surface area (Å²) >= 11 is 0. The zero-order valence-corrected chi connectivity index (χ0v) is 12.0. The van der Waals surface area contributed by atoms with E-state index in [-0.39, 0.29) is 12.2 Å². The molecule has 0 atom stereocenters. The second-order valence-corrected chi connectivity index (χ2v) is 6.39. The topological polar surface area (TPSA) is 18.5 Å². The summed E-state index contributed by atoms with van der Waals surface area (Å²) in [7, 11) is -1.75. The van der Waals surface area contributed by atoms with Crippen molar-refractivity contribution in [2.75, 3.05) is 0 Å². The van der Waals surface area contributed by atoms with Crippen molar-refractivity contribution in [2.24, 2.45) is 0 Å². The molecule has 1 rings (SSSR count). The summed E-state index contributed by atoms with van der Waals surface area (Å²) in [4.78, 5) is 0. The fourth-order valence-corrected chi connectivity index (χ4v) is 3.61. The molecule has 0 heterocycles. The van der Waals surface area contributed by atoms with E-state index >= 15 is 0 Å². The van der Waals surface area contributed by atoms with Crippen LogP contribution in [0.3, 0.4) is 0 Å². The molecule has 1 aromatic rings. The van der Waals surface area contributed by atoms with Gasteiger partial charge in [-0.15, -0.1) is 0 Å². The number of hydrogen-bond donors (Lipinski definition) is 0. The molecular formula is C13H22O2Si. The van der Waals surface area contributed by atoms with Gasteiger partial charge in [0.15, 0.2) is 0 Å². The zero-order valence-electron chi connectivity index (χ0n) is 10.9. The van der Waals surface area contributed by atoms with Gasteiger partial charge in [-0.2, -0.15) is 0 Å². The Labute approximate surface area is 100 Å². The number of rotatable bonds is 5. The maximum atomic E-state index is 5.94. The third kappa shape index (κ3) is 4.08. The molecule has 0 aliphatic heterocycles. The highest BCUT2D eigenvalue weighted by molar-refractivity contribution is 6.61. The van der Waals surface area contributed by atoms with Crippen LogP contribution in [-0.4, -0.2) is 21.5 Å². The number of aryl methyl sites for hydroxylation is 1. The summed E-state index contributed by atoms with van der Waals surface area (Å²) in [6.07, 6.45) is 0.435. The first-order chi connectivity index (χ1) is 7.50. The van der Waals surface area contributed by atoms with Gasteiger partial charge in [-0.3, -0.25) is 0 Å². The molecule has 0 amide bonds. The van der Waals surface area contributed by atoms with Crippen LogP contribution in [-0.2, 0) is 8.85 Å². The molecule has 0 fully saturated rings. The largest absolute Gasteiger partial charge is 0.391 e. The van der Waals surface area contributed by atoms with Crippen LogP contribution in [0.25, 0.3) is 0 Å². The Kier molecular flexibility index (Phi) is 5.18. The van der Waals surface area contributed by atoms with Crippen LogP contribution >= 0.6 is 0 Å². The molecule has 90 valence electrons. The summed E-state index contributed by atoms with van der Waals surface area (Å²) in [5, 5.41) is 1.25. The Hall–Kier alpha value is -0.643. The molecule has 0 radical (unpaired) electrons. The predicted molar refractivity (Wildman–Crippen MR) is 70.4 cm³/mol. The quantitative estimate of drug-likeness (QED) is 0.733. The SMILES string of the molecule is Cc1ccccc1[SiH](OC(C)C)OC(C)C. The van der Waals surface area contributed by atoms with Gasteiger partial charge in [0.2, 0.25) is 0 Å². The standard InChI is InChI=1S/C13H22O2Si/c1-10(2)14-16(15-11(3)4)13-9-7-6-8-12(13)5/h6-11,16H,1-5H3. The monoisotopic (exact) mass is 238 g/mol. The first-order valence-electron chi connectivity index (χ1n) is 5.87. The Morgan fingerprint density at radius 2 is 1.44 bits per heavy atom. The molecule has 3 heteroatoms. The summed E-state index contributed by atoms with van der Waals surface area (Å²) in [6, 6.07) is 8.34.